The van der Waals surface area contributed by atoms with E-state index in [0.29, 0.717) is 13.0 Å². The highest BCUT2D eigenvalue weighted by Gasteiger charge is 2.17. The Labute approximate surface area is 173 Å². The second-order valence-corrected chi connectivity index (χ2v) is 8.62. The number of hydrogen-bond acceptors (Lipinski definition) is 6. The molecule has 1 N–H and O–H groups in total. The van der Waals surface area contributed by atoms with Crippen LogP contribution in [0.5, 0.6) is 0 Å². The van der Waals surface area contributed by atoms with Crippen LogP contribution in [0.4, 0.5) is 5.69 Å². The van der Waals surface area contributed by atoms with Crippen LogP contribution >= 0.6 is 22.7 Å². The van der Waals surface area contributed by atoms with Crippen molar-refractivity contribution in [1.29, 1.82) is 0 Å². The van der Waals surface area contributed by atoms with Crippen LogP contribution in [0.15, 0.2) is 53.2 Å². The maximum atomic E-state index is 12.2. The summed E-state index contributed by atoms with van der Waals surface area (Å²) in [5.41, 5.74) is 2.14. The zero-order valence-electron chi connectivity index (χ0n) is 15.7. The molecule has 28 heavy (non-hydrogen) atoms. The van der Waals surface area contributed by atoms with E-state index in [1.54, 1.807) is 22.7 Å². The highest BCUT2D eigenvalue weighted by Crippen LogP contribution is 2.27. The van der Waals surface area contributed by atoms with Crippen LogP contribution in [0.3, 0.4) is 0 Å². The number of piperazine rings is 1. The summed E-state index contributed by atoms with van der Waals surface area (Å²) < 4.78 is 0. The minimum atomic E-state index is 0.0472. The quantitative estimate of drug-likeness (QED) is 0.647. The molecule has 0 atom stereocenters. The van der Waals surface area contributed by atoms with Crippen LogP contribution in [0.1, 0.15) is 5.69 Å². The Bertz CT molecular complexity index is 871. The Balaban J connectivity index is 1.16. The molecule has 0 unspecified atom stereocenters. The molecule has 5 nitrogen and oxygen atoms in total. The molecule has 1 fully saturated rings. The fourth-order valence-corrected chi connectivity index (χ4v) is 4.98. The van der Waals surface area contributed by atoms with Gasteiger partial charge in [-0.05, 0) is 23.6 Å². The van der Waals surface area contributed by atoms with Gasteiger partial charge in [0.1, 0.15) is 5.01 Å². The Morgan fingerprint density at radius 2 is 1.86 bits per heavy atom. The Morgan fingerprint density at radius 1 is 1.04 bits per heavy atom. The SMILES string of the molecule is O=C(Cc1csc(-c2cccs2)n1)NCCN1CCN(c2ccccc2)CC1. The lowest BCUT2D eigenvalue weighted by Gasteiger charge is -2.36. The average molecular weight is 413 g/mol. The lowest BCUT2D eigenvalue weighted by atomic mass is 10.2. The van der Waals surface area contributed by atoms with Gasteiger partial charge in [-0.15, -0.1) is 22.7 Å². The zero-order chi connectivity index (χ0) is 19.2. The number of amides is 1. The first-order valence-corrected chi connectivity index (χ1v) is 11.3. The normalized spacial score (nSPS) is 14.9. The summed E-state index contributed by atoms with van der Waals surface area (Å²) in [4.78, 5) is 22.8. The van der Waals surface area contributed by atoms with Gasteiger partial charge in [-0.1, -0.05) is 24.3 Å². The monoisotopic (exact) mass is 412 g/mol. The van der Waals surface area contributed by atoms with Gasteiger partial charge in [0.2, 0.25) is 5.91 Å². The molecule has 2 aromatic heterocycles. The van der Waals surface area contributed by atoms with Crippen molar-refractivity contribution in [3.8, 4) is 9.88 Å². The predicted octanol–water partition coefficient (Wildman–Crippen LogP) is 3.35. The smallest absolute Gasteiger partial charge is 0.226 e. The van der Waals surface area contributed by atoms with Gasteiger partial charge in [0.15, 0.2) is 0 Å². The number of carbonyl (C=O) groups is 1. The molecule has 0 radical (unpaired) electrons. The van der Waals surface area contributed by atoms with Gasteiger partial charge in [0.05, 0.1) is 17.0 Å². The largest absolute Gasteiger partial charge is 0.369 e. The van der Waals surface area contributed by atoms with Gasteiger partial charge in [0.25, 0.3) is 0 Å². The van der Waals surface area contributed by atoms with E-state index in [-0.39, 0.29) is 5.91 Å². The van der Waals surface area contributed by atoms with Gasteiger partial charge >= 0.3 is 0 Å². The third-order valence-corrected chi connectivity index (χ3v) is 6.80. The predicted molar refractivity (Wildman–Crippen MR) is 117 cm³/mol. The van der Waals surface area contributed by atoms with Crippen molar-refractivity contribution in [2.24, 2.45) is 0 Å². The molecule has 3 aromatic rings. The molecule has 0 aliphatic carbocycles. The average Bonchev–Trinajstić information content (AvgIpc) is 3.41. The summed E-state index contributed by atoms with van der Waals surface area (Å²) in [6, 6.07) is 14.6. The number of anilines is 1. The van der Waals surface area contributed by atoms with Crippen LogP contribution < -0.4 is 10.2 Å². The highest BCUT2D eigenvalue weighted by molar-refractivity contribution is 7.20. The van der Waals surface area contributed by atoms with E-state index in [1.165, 1.54) is 5.69 Å². The summed E-state index contributed by atoms with van der Waals surface area (Å²) in [6.07, 6.45) is 0.351. The van der Waals surface area contributed by atoms with E-state index in [2.05, 4.69) is 56.5 Å². The third-order valence-electron chi connectivity index (χ3n) is 4.87. The molecule has 0 spiro atoms. The van der Waals surface area contributed by atoms with E-state index < -0.39 is 0 Å². The number of nitrogens with one attached hydrogen (secondary N) is 1. The molecular weight excluding hydrogens is 388 g/mol. The van der Waals surface area contributed by atoms with Gasteiger partial charge in [-0.2, -0.15) is 0 Å². The maximum Gasteiger partial charge on any atom is 0.226 e. The van der Waals surface area contributed by atoms with Crippen molar-refractivity contribution in [2.45, 2.75) is 6.42 Å². The number of thiophene rings is 1. The Kier molecular flexibility index (Phi) is 6.36. The van der Waals surface area contributed by atoms with E-state index in [1.807, 2.05) is 16.8 Å². The number of nitrogens with zero attached hydrogens (tertiary/aromatic N) is 3. The second-order valence-electron chi connectivity index (χ2n) is 6.81. The van der Waals surface area contributed by atoms with Crippen molar-refractivity contribution >= 4 is 34.3 Å². The molecule has 1 saturated heterocycles. The highest BCUT2D eigenvalue weighted by atomic mass is 32.1. The number of aromatic nitrogens is 1. The zero-order valence-corrected chi connectivity index (χ0v) is 17.3. The molecule has 1 amide bonds. The minimum absolute atomic E-state index is 0.0472. The van der Waals surface area contributed by atoms with Crippen LogP contribution in [0.25, 0.3) is 9.88 Å². The number of rotatable bonds is 7. The van der Waals surface area contributed by atoms with Crippen molar-refractivity contribution in [3.05, 3.63) is 58.9 Å². The molecular formula is C21H24N4OS2. The second kappa shape index (κ2) is 9.32. The number of carbonyl (C=O) groups excluding carboxylic acids is 1. The number of benzene rings is 1. The third kappa shape index (κ3) is 4.98. The van der Waals surface area contributed by atoms with E-state index in [0.717, 1.165) is 48.3 Å². The molecule has 1 aliphatic heterocycles. The van der Waals surface area contributed by atoms with Crippen LogP contribution in [0.2, 0.25) is 0 Å². The first-order valence-electron chi connectivity index (χ1n) is 9.55. The van der Waals surface area contributed by atoms with Crippen LogP contribution in [0, 0.1) is 0 Å². The number of thiazole rings is 1. The van der Waals surface area contributed by atoms with Crippen molar-refractivity contribution in [3.63, 3.8) is 0 Å². The summed E-state index contributed by atoms with van der Waals surface area (Å²) in [7, 11) is 0. The summed E-state index contributed by atoms with van der Waals surface area (Å²) in [6.45, 7) is 5.70. The molecule has 1 aromatic carbocycles. The minimum Gasteiger partial charge on any atom is -0.369 e. The Hall–Kier alpha value is -2.22. The van der Waals surface area contributed by atoms with Crippen molar-refractivity contribution in [2.75, 3.05) is 44.2 Å². The molecule has 0 bridgehead atoms. The number of hydrogen-bond donors (Lipinski definition) is 1. The fourth-order valence-electron chi connectivity index (χ4n) is 3.35. The topological polar surface area (TPSA) is 48.5 Å². The molecule has 1 aliphatic rings. The standard InChI is InChI=1S/C21H24N4OS2/c26-20(15-17-16-28-21(23-17)19-7-4-14-27-19)22-8-9-24-10-12-25(13-11-24)18-5-2-1-3-6-18/h1-7,14,16H,8-13,15H2,(H,22,26). The van der Waals surface area contributed by atoms with Gasteiger partial charge in [-0.25, -0.2) is 4.98 Å². The lowest BCUT2D eigenvalue weighted by molar-refractivity contribution is -0.120. The van der Waals surface area contributed by atoms with E-state index in [4.69, 9.17) is 0 Å². The van der Waals surface area contributed by atoms with Crippen molar-refractivity contribution in [1.82, 2.24) is 15.2 Å². The number of para-hydroxylation sites is 1. The molecule has 3 heterocycles. The van der Waals surface area contributed by atoms with E-state index >= 15 is 0 Å². The summed E-state index contributed by atoms with van der Waals surface area (Å²) in [5.74, 6) is 0.0472. The molecule has 4 rings (SSSR count). The van der Waals surface area contributed by atoms with Crippen LogP contribution in [-0.4, -0.2) is 55.1 Å². The molecule has 0 saturated carbocycles. The maximum absolute atomic E-state index is 12.2. The van der Waals surface area contributed by atoms with E-state index in [9.17, 15) is 4.79 Å². The summed E-state index contributed by atoms with van der Waals surface area (Å²) in [5, 5.41) is 8.06. The van der Waals surface area contributed by atoms with Crippen molar-refractivity contribution < 1.29 is 4.79 Å². The first kappa shape index (κ1) is 19.1. The van der Waals surface area contributed by atoms with Gasteiger partial charge < -0.3 is 10.2 Å². The fraction of sp³-hybridized carbons (Fsp3) is 0.333. The lowest BCUT2D eigenvalue weighted by Crippen LogP contribution is -2.48. The first-order chi connectivity index (χ1) is 13.8. The van der Waals surface area contributed by atoms with Gasteiger partial charge in [-0.3, -0.25) is 9.69 Å². The molecule has 146 valence electrons. The summed E-state index contributed by atoms with van der Waals surface area (Å²) >= 11 is 3.28. The van der Waals surface area contributed by atoms with Gasteiger partial charge in [0, 0.05) is 50.3 Å². The van der Waals surface area contributed by atoms with Crippen LogP contribution in [-0.2, 0) is 11.2 Å². The Morgan fingerprint density at radius 3 is 2.61 bits per heavy atom. The molecule has 7 heteroatoms.